The van der Waals surface area contributed by atoms with Gasteiger partial charge in [-0.2, -0.15) is 13.2 Å². The molecule has 0 spiro atoms. The number of halogens is 3. The molecule has 1 amide bonds. The maximum absolute atomic E-state index is 13.7. The highest BCUT2D eigenvalue weighted by Crippen LogP contribution is 2.44. The summed E-state index contributed by atoms with van der Waals surface area (Å²) in [6.07, 6.45) is -0.0791. The fraction of sp³-hybridized carbons (Fsp3) is 0.533. The van der Waals surface area contributed by atoms with E-state index >= 15 is 0 Å². The minimum absolute atomic E-state index is 0.00546. The van der Waals surface area contributed by atoms with Crippen molar-refractivity contribution in [1.29, 1.82) is 0 Å². The SMILES string of the molecule is CCCCNc1cc(Nc2ccc(C(=O)N3CCC(N4CCOCC4)CC3)c3c2OCCO3)nc2[nH]cc(C(F)(F)F)c12. The highest BCUT2D eigenvalue weighted by molar-refractivity contribution is 6.00. The first kappa shape index (κ1) is 29.4. The summed E-state index contributed by atoms with van der Waals surface area (Å²) >= 11 is 0. The zero-order valence-corrected chi connectivity index (χ0v) is 24.2. The Bertz CT molecular complexity index is 1450. The number of carbonyl (C=O) groups is 1. The van der Waals surface area contributed by atoms with Crippen LogP contribution in [-0.4, -0.2) is 90.9 Å². The van der Waals surface area contributed by atoms with Crippen molar-refractivity contribution < 1.29 is 32.2 Å². The number of unbranched alkanes of at least 4 members (excludes halogenated alkanes) is 1. The van der Waals surface area contributed by atoms with Crippen LogP contribution in [0.2, 0.25) is 0 Å². The number of anilines is 3. The van der Waals surface area contributed by atoms with E-state index in [-0.39, 0.29) is 16.9 Å². The molecule has 5 heterocycles. The van der Waals surface area contributed by atoms with Crippen LogP contribution in [-0.2, 0) is 10.9 Å². The number of amides is 1. The second kappa shape index (κ2) is 12.5. The molecule has 43 heavy (non-hydrogen) atoms. The molecule has 0 aliphatic carbocycles. The smallest absolute Gasteiger partial charge is 0.418 e. The quantitative estimate of drug-likeness (QED) is 0.301. The Morgan fingerprint density at radius 2 is 1.79 bits per heavy atom. The number of fused-ring (bicyclic) bond motifs is 2. The van der Waals surface area contributed by atoms with E-state index in [1.54, 1.807) is 18.2 Å². The number of morpholine rings is 1. The Kier molecular flexibility index (Phi) is 8.53. The fourth-order valence-corrected chi connectivity index (χ4v) is 6.05. The van der Waals surface area contributed by atoms with E-state index < -0.39 is 11.7 Å². The summed E-state index contributed by atoms with van der Waals surface area (Å²) in [5.41, 5.74) is 0.592. The molecule has 2 aromatic heterocycles. The number of H-pyrrole nitrogens is 1. The lowest BCUT2D eigenvalue weighted by Crippen LogP contribution is -2.50. The van der Waals surface area contributed by atoms with E-state index in [0.717, 1.165) is 58.2 Å². The number of nitrogens with zero attached hydrogens (tertiary/aromatic N) is 3. The lowest BCUT2D eigenvalue weighted by atomic mass is 10.0. The first-order valence-corrected chi connectivity index (χ1v) is 15.0. The number of alkyl halides is 3. The number of likely N-dealkylation sites (tertiary alicyclic amines) is 1. The van der Waals surface area contributed by atoms with Crippen LogP contribution in [0.3, 0.4) is 0 Å². The van der Waals surface area contributed by atoms with Crippen molar-refractivity contribution >= 4 is 34.1 Å². The fourth-order valence-electron chi connectivity index (χ4n) is 6.05. The molecule has 0 bridgehead atoms. The standard InChI is InChI=1S/C30H37F3N6O4/c1-2-3-8-34-23-17-24(37-28-25(23)21(18-35-28)30(31,32)33)36-22-5-4-20(26-27(22)43-16-15-42-26)29(40)39-9-6-19(7-10-39)38-11-13-41-14-12-38/h4-5,17-19H,2-3,6-16H2,1H3,(H3,34,35,36,37). The van der Waals surface area contributed by atoms with Crippen molar-refractivity contribution in [3.05, 3.63) is 35.5 Å². The van der Waals surface area contributed by atoms with Gasteiger partial charge in [0.25, 0.3) is 5.91 Å². The highest BCUT2D eigenvalue weighted by atomic mass is 19.4. The van der Waals surface area contributed by atoms with Gasteiger partial charge >= 0.3 is 6.18 Å². The summed E-state index contributed by atoms with van der Waals surface area (Å²) in [4.78, 5) is 25.1. The van der Waals surface area contributed by atoms with Gasteiger partial charge in [0.15, 0.2) is 11.5 Å². The topological polar surface area (TPSA) is 104 Å². The minimum Gasteiger partial charge on any atom is -0.485 e. The number of carbonyl (C=O) groups excluding carboxylic acids is 1. The van der Waals surface area contributed by atoms with Crippen LogP contribution in [0.1, 0.15) is 48.5 Å². The van der Waals surface area contributed by atoms with Crippen LogP contribution in [0, 0.1) is 0 Å². The van der Waals surface area contributed by atoms with Crippen LogP contribution in [0.5, 0.6) is 11.5 Å². The van der Waals surface area contributed by atoms with Gasteiger partial charge in [-0.3, -0.25) is 9.69 Å². The van der Waals surface area contributed by atoms with Gasteiger partial charge in [0.05, 0.1) is 35.4 Å². The number of nitrogens with one attached hydrogen (secondary N) is 3. The Balaban J connectivity index is 1.24. The van der Waals surface area contributed by atoms with Crippen LogP contribution in [0.15, 0.2) is 24.4 Å². The van der Waals surface area contributed by atoms with Crippen LogP contribution in [0.25, 0.3) is 11.0 Å². The van der Waals surface area contributed by atoms with Gasteiger partial charge in [-0.15, -0.1) is 0 Å². The van der Waals surface area contributed by atoms with Gasteiger partial charge in [-0.05, 0) is 31.4 Å². The number of pyridine rings is 1. The van der Waals surface area contributed by atoms with Crippen molar-refractivity contribution in [3.8, 4) is 11.5 Å². The third kappa shape index (κ3) is 6.19. The van der Waals surface area contributed by atoms with Crippen molar-refractivity contribution in [2.24, 2.45) is 0 Å². The van der Waals surface area contributed by atoms with Crippen LogP contribution < -0.4 is 20.1 Å². The Morgan fingerprint density at radius 1 is 1.05 bits per heavy atom. The molecule has 0 unspecified atom stereocenters. The van der Waals surface area contributed by atoms with Crippen molar-refractivity contribution in [2.45, 2.75) is 44.8 Å². The van der Waals surface area contributed by atoms with Gasteiger partial charge in [0, 0.05) is 56.7 Å². The number of aromatic nitrogens is 2. The Labute approximate surface area is 247 Å². The first-order chi connectivity index (χ1) is 20.8. The maximum Gasteiger partial charge on any atom is 0.418 e. The minimum atomic E-state index is -4.53. The summed E-state index contributed by atoms with van der Waals surface area (Å²) in [6, 6.07) is 5.45. The number of rotatable bonds is 8. The molecule has 3 aromatic rings. The molecule has 3 aliphatic heterocycles. The lowest BCUT2D eigenvalue weighted by Gasteiger charge is -2.40. The predicted molar refractivity (Wildman–Crippen MR) is 157 cm³/mol. The van der Waals surface area contributed by atoms with E-state index in [1.165, 1.54) is 0 Å². The molecule has 0 radical (unpaired) electrons. The van der Waals surface area contributed by atoms with Gasteiger partial charge in [-0.25, -0.2) is 4.98 Å². The van der Waals surface area contributed by atoms with E-state index in [9.17, 15) is 18.0 Å². The molecule has 6 rings (SSSR count). The number of benzene rings is 1. The van der Waals surface area contributed by atoms with Crippen LogP contribution in [0.4, 0.5) is 30.4 Å². The number of piperidine rings is 1. The summed E-state index contributed by atoms with van der Waals surface area (Å²) < 4.78 is 58.6. The number of ether oxygens (including phenoxy) is 3. The number of hydrogen-bond donors (Lipinski definition) is 3. The molecule has 2 saturated heterocycles. The summed E-state index contributed by atoms with van der Waals surface area (Å²) in [5.74, 6) is 0.952. The molecule has 3 N–H and O–H groups in total. The molecular weight excluding hydrogens is 565 g/mol. The number of hydrogen-bond acceptors (Lipinski definition) is 8. The Hall–Kier alpha value is -3.71. The zero-order chi connectivity index (χ0) is 30.0. The molecular formula is C30H37F3N6O4. The third-order valence-electron chi connectivity index (χ3n) is 8.29. The van der Waals surface area contributed by atoms with Crippen LogP contribution >= 0.6 is 0 Å². The van der Waals surface area contributed by atoms with Gasteiger partial charge in [0.2, 0.25) is 0 Å². The zero-order valence-electron chi connectivity index (χ0n) is 24.2. The first-order valence-electron chi connectivity index (χ1n) is 15.0. The summed E-state index contributed by atoms with van der Waals surface area (Å²) in [7, 11) is 0. The van der Waals surface area contributed by atoms with Crippen molar-refractivity contribution in [1.82, 2.24) is 19.8 Å². The largest absolute Gasteiger partial charge is 0.485 e. The number of aromatic amines is 1. The van der Waals surface area contributed by atoms with E-state index in [2.05, 4.69) is 25.5 Å². The second-order valence-corrected chi connectivity index (χ2v) is 11.1. The molecule has 13 heteroatoms. The van der Waals surface area contributed by atoms with Crippen molar-refractivity contribution in [2.75, 3.05) is 69.8 Å². The average molecular weight is 603 g/mol. The van der Waals surface area contributed by atoms with Gasteiger partial charge in [0.1, 0.15) is 24.7 Å². The average Bonchev–Trinajstić information content (AvgIpc) is 3.47. The normalized spacial score (nSPS) is 18.2. The second-order valence-electron chi connectivity index (χ2n) is 11.1. The third-order valence-corrected chi connectivity index (χ3v) is 8.29. The molecule has 1 aromatic carbocycles. The predicted octanol–water partition coefficient (Wildman–Crippen LogP) is 5.25. The lowest BCUT2D eigenvalue weighted by molar-refractivity contribution is -0.136. The van der Waals surface area contributed by atoms with Crippen molar-refractivity contribution in [3.63, 3.8) is 0 Å². The molecule has 0 saturated carbocycles. The molecule has 3 aliphatic rings. The Morgan fingerprint density at radius 3 is 2.51 bits per heavy atom. The summed E-state index contributed by atoms with van der Waals surface area (Å²) in [6.45, 7) is 7.81. The molecule has 232 valence electrons. The van der Waals surface area contributed by atoms with Gasteiger partial charge in [-0.1, -0.05) is 13.3 Å². The molecule has 0 atom stereocenters. The van der Waals surface area contributed by atoms with E-state index in [1.807, 2.05) is 11.8 Å². The van der Waals surface area contributed by atoms with E-state index in [0.29, 0.717) is 73.1 Å². The summed E-state index contributed by atoms with van der Waals surface area (Å²) in [5, 5.41) is 6.33. The molecule has 10 nitrogen and oxygen atoms in total. The van der Waals surface area contributed by atoms with E-state index in [4.69, 9.17) is 14.2 Å². The molecule has 2 fully saturated rings. The monoisotopic (exact) mass is 602 g/mol. The van der Waals surface area contributed by atoms with Gasteiger partial charge < -0.3 is 34.7 Å². The highest BCUT2D eigenvalue weighted by Gasteiger charge is 2.36. The maximum atomic E-state index is 13.7.